The van der Waals surface area contributed by atoms with Gasteiger partial charge in [0.2, 0.25) is 11.8 Å². The lowest BCUT2D eigenvalue weighted by Gasteiger charge is -2.32. The van der Waals surface area contributed by atoms with Crippen LogP contribution in [0.15, 0.2) is 60.8 Å². The quantitative estimate of drug-likeness (QED) is 0.567. The molecule has 1 fully saturated rings. The minimum Gasteiger partial charge on any atom is -0.352 e. The predicted octanol–water partition coefficient (Wildman–Crippen LogP) is 3.70. The zero-order valence-corrected chi connectivity index (χ0v) is 17.9. The molecule has 2 amide bonds. The van der Waals surface area contributed by atoms with Crippen molar-refractivity contribution in [3.05, 3.63) is 77.7 Å². The number of piperidine rings is 1. The Balaban J connectivity index is 1.29. The highest BCUT2D eigenvalue weighted by molar-refractivity contribution is 5.84. The maximum atomic E-state index is 13.2. The van der Waals surface area contributed by atoms with Crippen molar-refractivity contribution in [2.45, 2.75) is 32.2 Å². The first kappa shape index (κ1) is 21.7. The summed E-state index contributed by atoms with van der Waals surface area (Å²) >= 11 is 0. The molecule has 0 bridgehead atoms. The number of likely N-dealkylation sites (tertiary alicyclic amines) is 1. The SMILES string of the molecule is O=C(NCc1cn[nH]c1-c1ccc(F)cc1)[C@H]1CCC(=O)N(CCCc2ccccc2)C1. The van der Waals surface area contributed by atoms with E-state index in [2.05, 4.69) is 27.6 Å². The highest BCUT2D eigenvalue weighted by atomic mass is 19.1. The van der Waals surface area contributed by atoms with Crippen molar-refractivity contribution < 1.29 is 14.0 Å². The van der Waals surface area contributed by atoms with Crippen molar-refractivity contribution in [2.24, 2.45) is 5.92 Å². The number of aryl methyl sites for hydroxylation is 1. The van der Waals surface area contributed by atoms with Crippen LogP contribution in [0, 0.1) is 11.7 Å². The minimum atomic E-state index is -0.303. The number of halogens is 1. The number of hydrogen-bond donors (Lipinski definition) is 2. The molecule has 1 saturated heterocycles. The van der Waals surface area contributed by atoms with E-state index < -0.39 is 0 Å². The summed E-state index contributed by atoms with van der Waals surface area (Å²) in [5, 5.41) is 9.97. The van der Waals surface area contributed by atoms with E-state index in [1.807, 2.05) is 23.1 Å². The molecule has 0 saturated carbocycles. The molecule has 2 N–H and O–H groups in total. The van der Waals surface area contributed by atoms with E-state index in [-0.39, 0.29) is 23.5 Å². The largest absolute Gasteiger partial charge is 0.352 e. The van der Waals surface area contributed by atoms with Crippen molar-refractivity contribution in [3.8, 4) is 11.3 Å². The third kappa shape index (κ3) is 5.41. The number of amides is 2. The molecule has 0 unspecified atom stereocenters. The summed E-state index contributed by atoms with van der Waals surface area (Å²) in [6.07, 6.45) is 4.42. The number of hydrogen-bond acceptors (Lipinski definition) is 3. The van der Waals surface area contributed by atoms with Crippen LogP contribution in [-0.4, -0.2) is 40.0 Å². The Kier molecular flexibility index (Phi) is 6.94. The number of benzene rings is 2. The molecule has 32 heavy (non-hydrogen) atoms. The number of rotatable bonds is 8. The molecule has 1 aromatic heterocycles. The summed E-state index contributed by atoms with van der Waals surface area (Å²) in [5.74, 6) is -0.457. The monoisotopic (exact) mass is 434 g/mol. The highest BCUT2D eigenvalue weighted by Crippen LogP contribution is 2.22. The molecule has 4 rings (SSSR count). The number of nitrogens with zero attached hydrogens (tertiary/aromatic N) is 2. The van der Waals surface area contributed by atoms with Crippen LogP contribution in [0.2, 0.25) is 0 Å². The van der Waals surface area contributed by atoms with Crippen molar-refractivity contribution in [1.29, 1.82) is 0 Å². The molecule has 6 nitrogen and oxygen atoms in total. The van der Waals surface area contributed by atoms with Crippen LogP contribution in [0.4, 0.5) is 4.39 Å². The maximum Gasteiger partial charge on any atom is 0.225 e. The van der Waals surface area contributed by atoms with Gasteiger partial charge in [0.25, 0.3) is 0 Å². The van der Waals surface area contributed by atoms with Crippen molar-refractivity contribution in [2.75, 3.05) is 13.1 Å². The van der Waals surface area contributed by atoms with Gasteiger partial charge in [-0.1, -0.05) is 30.3 Å². The van der Waals surface area contributed by atoms with Crippen LogP contribution >= 0.6 is 0 Å². The Morgan fingerprint density at radius 2 is 1.94 bits per heavy atom. The number of H-pyrrole nitrogens is 1. The summed E-state index contributed by atoms with van der Waals surface area (Å²) in [7, 11) is 0. The number of carbonyl (C=O) groups excluding carboxylic acids is 2. The molecule has 166 valence electrons. The molecule has 0 spiro atoms. The lowest BCUT2D eigenvalue weighted by Crippen LogP contribution is -2.46. The van der Waals surface area contributed by atoms with Gasteiger partial charge in [-0.2, -0.15) is 5.10 Å². The summed E-state index contributed by atoms with van der Waals surface area (Å²) in [4.78, 5) is 27.0. The molecule has 2 heterocycles. The Bertz CT molecular complexity index is 1050. The fourth-order valence-corrected chi connectivity index (χ4v) is 4.10. The first-order valence-corrected chi connectivity index (χ1v) is 11.0. The van der Waals surface area contributed by atoms with E-state index in [0.717, 1.165) is 29.7 Å². The van der Waals surface area contributed by atoms with Gasteiger partial charge in [-0.05, 0) is 49.1 Å². The van der Waals surface area contributed by atoms with Gasteiger partial charge in [0.15, 0.2) is 0 Å². The lowest BCUT2D eigenvalue weighted by atomic mass is 9.96. The van der Waals surface area contributed by atoms with E-state index in [9.17, 15) is 14.0 Å². The number of nitrogens with one attached hydrogen (secondary N) is 2. The van der Waals surface area contributed by atoms with E-state index in [4.69, 9.17) is 0 Å². The average molecular weight is 435 g/mol. The van der Waals surface area contributed by atoms with Gasteiger partial charge in [0.05, 0.1) is 17.8 Å². The molecule has 7 heteroatoms. The van der Waals surface area contributed by atoms with Crippen LogP contribution in [-0.2, 0) is 22.6 Å². The fourth-order valence-electron chi connectivity index (χ4n) is 4.10. The topological polar surface area (TPSA) is 78.1 Å². The maximum absolute atomic E-state index is 13.2. The Morgan fingerprint density at radius 1 is 1.16 bits per heavy atom. The van der Waals surface area contributed by atoms with E-state index >= 15 is 0 Å². The third-order valence-electron chi connectivity index (χ3n) is 5.91. The van der Waals surface area contributed by atoms with Crippen LogP contribution in [0.3, 0.4) is 0 Å². The van der Waals surface area contributed by atoms with Gasteiger partial charge in [0.1, 0.15) is 5.82 Å². The first-order chi connectivity index (χ1) is 15.6. The average Bonchev–Trinajstić information content (AvgIpc) is 3.28. The van der Waals surface area contributed by atoms with Gasteiger partial charge in [0, 0.05) is 37.2 Å². The Hall–Kier alpha value is -3.48. The van der Waals surface area contributed by atoms with Crippen LogP contribution < -0.4 is 5.32 Å². The van der Waals surface area contributed by atoms with Gasteiger partial charge >= 0.3 is 0 Å². The molecular weight excluding hydrogens is 407 g/mol. The molecule has 1 atom stereocenters. The van der Waals surface area contributed by atoms with E-state index in [1.165, 1.54) is 17.7 Å². The number of aromatic amines is 1. The summed E-state index contributed by atoms with van der Waals surface area (Å²) in [6, 6.07) is 16.3. The molecule has 1 aliphatic heterocycles. The van der Waals surface area contributed by atoms with Crippen LogP contribution in [0.5, 0.6) is 0 Å². The molecule has 2 aromatic carbocycles. The predicted molar refractivity (Wildman–Crippen MR) is 120 cm³/mol. The Labute approximate surface area is 186 Å². The van der Waals surface area contributed by atoms with Crippen LogP contribution in [0.25, 0.3) is 11.3 Å². The van der Waals surface area contributed by atoms with Gasteiger partial charge in [-0.25, -0.2) is 4.39 Å². The van der Waals surface area contributed by atoms with Crippen molar-refractivity contribution >= 4 is 11.8 Å². The summed E-state index contributed by atoms with van der Waals surface area (Å²) in [5.41, 5.74) is 3.65. The molecule has 3 aromatic rings. The summed E-state index contributed by atoms with van der Waals surface area (Å²) < 4.78 is 13.2. The molecule has 0 aliphatic carbocycles. The molecule has 0 radical (unpaired) electrons. The second kappa shape index (κ2) is 10.2. The van der Waals surface area contributed by atoms with Gasteiger partial charge < -0.3 is 10.2 Å². The first-order valence-electron chi connectivity index (χ1n) is 11.0. The van der Waals surface area contributed by atoms with Crippen molar-refractivity contribution in [3.63, 3.8) is 0 Å². The lowest BCUT2D eigenvalue weighted by molar-refractivity contribution is -0.138. The minimum absolute atomic E-state index is 0.0585. The second-order valence-electron chi connectivity index (χ2n) is 8.16. The van der Waals surface area contributed by atoms with E-state index in [0.29, 0.717) is 32.5 Å². The van der Waals surface area contributed by atoms with Crippen LogP contribution in [0.1, 0.15) is 30.4 Å². The van der Waals surface area contributed by atoms with E-state index in [1.54, 1.807) is 18.3 Å². The smallest absolute Gasteiger partial charge is 0.225 e. The Morgan fingerprint density at radius 3 is 2.72 bits per heavy atom. The van der Waals surface area contributed by atoms with Crippen molar-refractivity contribution in [1.82, 2.24) is 20.4 Å². The highest BCUT2D eigenvalue weighted by Gasteiger charge is 2.29. The fraction of sp³-hybridized carbons (Fsp3) is 0.320. The summed E-state index contributed by atoms with van der Waals surface area (Å²) in [6.45, 7) is 1.43. The number of carbonyl (C=O) groups is 2. The van der Waals surface area contributed by atoms with Gasteiger partial charge in [-0.3, -0.25) is 14.7 Å². The molecular formula is C25H27FN4O2. The zero-order valence-electron chi connectivity index (χ0n) is 17.9. The normalized spacial score (nSPS) is 16.2. The standard InChI is InChI=1S/C25H27FN4O2/c26-22-11-8-19(9-12-22)24-21(16-28-29-24)15-27-25(32)20-10-13-23(31)30(17-20)14-4-7-18-5-2-1-3-6-18/h1-3,5-6,8-9,11-12,16,20H,4,7,10,13-15,17H2,(H,27,32)(H,28,29)/t20-/m0/s1. The third-order valence-corrected chi connectivity index (χ3v) is 5.91. The second-order valence-corrected chi connectivity index (χ2v) is 8.16. The van der Waals surface area contributed by atoms with Gasteiger partial charge in [-0.15, -0.1) is 0 Å². The zero-order chi connectivity index (χ0) is 22.3. The number of aromatic nitrogens is 2. The molecule has 1 aliphatic rings.